The Labute approximate surface area is 331 Å². The third-order valence-corrected chi connectivity index (χ3v) is 11.6. The van der Waals surface area contributed by atoms with Crippen molar-refractivity contribution in [2.24, 2.45) is 29.1 Å². The predicted molar refractivity (Wildman–Crippen MR) is 220 cm³/mol. The monoisotopic (exact) mass is 756 g/mol. The van der Waals surface area contributed by atoms with Crippen LogP contribution in [0.1, 0.15) is 129 Å². The lowest BCUT2D eigenvalue weighted by Gasteiger charge is -2.27. The van der Waals surface area contributed by atoms with Gasteiger partial charge in [0.15, 0.2) is 11.6 Å². The summed E-state index contributed by atoms with van der Waals surface area (Å²) in [5, 5.41) is 6.17. The van der Waals surface area contributed by atoms with Gasteiger partial charge < -0.3 is 15.5 Å². The highest BCUT2D eigenvalue weighted by molar-refractivity contribution is 5.97. The lowest BCUT2D eigenvalue weighted by Crippen LogP contribution is -2.49. The maximum Gasteiger partial charge on any atom is 0.224 e. The standard InChI is InChI=1S/C47H69N3O5/c1-34(2)29-41(43(52)33-39(31-37-19-11-7-12-20-37)46(55)49-42(30-35(3)4)44(53)47(5)24-25-47)48-45(54)38(23-22-36-17-9-6-10-18-36)32-40(51)21-13-16-28-50-26-14-8-15-27-50/h6-7,9-12,17-20,34-35,38-39,41-42H,8,13-16,21-33H2,1-5H3,(H,48,54)(H,49,55)/t38?,39-,41+,42+/m1/s1. The van der Waals surface area contributed by atoms with Crippen molar-refractivity contribution in [2.45, 2.75) is 143 Å². The van der Waals surface area contributed by atoms with Crippen molar-refractivity contribution >= 4 is 29.2 Å². The van der Waals surface area contributed by atoms with Crippen LogP contribution in [0.2, 0.25) is 0 Å². The first-order valence-corrected chi connectivity index (χ1v) is 21.3. The molecule has 1 saturated carbocycles. The van der Waals surface area contributed by atoms with Crippen LogP contribution < -0.4 is 10.6 Å². The molecule has 0 aromatic heterocycles. The van der Waals surface area contributed by atoms with Crippen LogP contribution in [0.4, 0.5) is 0 Å². The largest absolute Gasteiger partial charge is 0.346 e. The molecule has 1 saturated heterocycles. The Morgan fingerprint density at radius 3 is 1.85 bits per heavy atom. The molecule has 2 aromatic carbocycles. The van der Waals surface area contributed by atoms with Gasteiger partial charge in [-0.15, -0.1) is 0 Å². The highest BCUT2D eigenvalue weighted by atomic mass is 16.2. The molecule has 1 aliphatic carbocycles. The molecule has 4 atom stereocenters. The first-order chi connectivity index (χ1) is 26.3. The molecule has 2 fully saturated rings. The maximum atomic E-state index is 14.3. The average molecular weight is 756 g/mol. The van der Waals surface area contributed by atoms with Crippen molar-refractivity contribution in [3.63, 3.8) is 0 Å². The molecule has 55 heavy (non-hydrogen) atoms. The van der Waals surface area contributed by atoms with Gasteiger partial charge in [0.05, 0.1) is 12.1 Å². The van der Waals surface area contributed by atoms with E-state index in [-0.39, 0.29) is 53.8 Å². The lowest BCUT2D eigenvalue weighted by molar-refractivity contribution is -0.135. The molecule has 2 aromatic rings. The molecule has 302 valence electrons. The van der Waals surface area contributed by atoms with Crippen LogP contribution in [0.25, 0.3) is 0 Å². The number of likely N-dealkylation sites (tertiary alicyclic amines) is 1. The van der Waals surface area contributed by atoms with E-state index in [2.05, 4.69) is 15.5 Å². The smallest absolute Gasteiger partial charge is 0.224 e. The quantitative estimate of drug-likeness (QED) is 0.0992. The molecular weight excluding hydrogens is 687 g/mol. The minimum atomic E-state index is -0.795. The number of aryl methyl sites for hydroxylation is 1. The molecule has 0 bridgehead atoms. The van der Waals surface area contributed by atoms with E-state index in [1.165, 1.54) is 19.3 Å². The zero-order valence-corrected chi connectivity index (χ0v) is 34.5. The van der Waals surface area contributed by atoms with E-state index in [1.54, 1.807) is 0 Å². The van der Waals surface area contributed by atoms with Gasteiger partial charge in [0, 0.05) is 36.5 Å². The van der Waals surface area contributed by atoms with Crippen molar-refractivity contribution in [3.8, 4) is 0 Å². The number of hydrogen-bond donors (Lipinski definition) is 2. The van der Waals surface area contributed by atoms with Gasteiger partial charge in [-0.05, 0) is 113 Å². The number of ketones is 3. The third-order valence-electron chi connectivity index (χ3n) is 11.6. The molecule has 2 N–H and O–H groups in total. The fourth-order valence-electron chi connectivity index (χ4n) is 7.95. The highest BCUT2D eigenvalue weighted by Crippen LogP contribution is 2.47. The van der Waals surface area contributed by atoms with E-state index < -0.39 is 29.3 Å². The van der Waals surface area contributed by atoms with Crippen LogP contribution in [-0.4, -0.2) is 65.8 Å². The fourth-order valence-corrected chi connectivity index (χ4v) is 7.95. The van der Waals surface area contributed by atoms with Crippen molar-refractivity contribution < 1.29 is 24.0 Å². The lowest BCUT2D eigenvalue weighted by atomic mass is 9.87. The minimum absolute atomic E-state index is 0.0666. The van der Waals surface area contributed by atoms with Crippen LogP contribution in [0.5, 0.6) is 0 Å². The Hall–Kier alpha value is -3.65. The maximum absolute atomic E-state index is 14.3. The SMILES string of the molecule is CC(C)C[C@H](NC(=O)C(CCc1ccccc1)CC(=O)CCCCN1CCCCC1)C(=O)C[C@@H](Cc1ccccc1)C(=O)N[C@@H](CC(C)C)C(=O)C1(C)CC1. The van der Waals surface area contributed by atoms with Crippen LogP contribution in [-0.2, 0) is 36.8 Å². The molecule has 4 rings (SSSR count). The zero-order chi connectivity index (χ0) is 39.8. The second-order valence-corrected chi connectivity index (χ2v) is 17.7. The van der Waals surface area contributed by atoms with Gasteiger partial charge in [-0.25, -0.2) is 0 Å². The predicted octanol–water partition coefficient (Wildman–Crippen LogP) is 8.10. The van der Waals surface area contributed by atoms with Crippen molar-refractivity contribution in [1.29, 1.82) is 0 Å². The molecule has 1 heterocycles. The van der Waals surface area contributed by atoms with Crippen LogP contribution in [0, 0.1) is 29.1 Å². The van der Waals surface area contributed by atoms with Crippen LogP contribution in [0.15, 0.2) is 60.7 Å². The van der Waals surface area contributed by atoms with Gasteiger partial charge in [0.2, 0.25) is 11.8 Å². The Morgan fingerprint density at radius 2 is 1.25 bits per heavy atom. The summed E-state index contributed by atoms with van der Waals surface area (Å²) in [5.74, 6) is -1.59. The summed E-state index contributed by atoms with van der Waals surface area (Å²) in [6.07, 6.45) is 10.2. The van der Waals surface area contributed by atoms with E-state index in [9.17, 15) is 24.0 Å². The number of nitrogens with one attached hydrogen (secondary N) is 2. The number of Topliss-reactive ketones (excluding diaryl/α,β-unsaturated/α-hetero) is 3. The Balaban J connectivity index is 1.46. The van der Waals surface area contributed by atoms with E-state index in [0.29, 0.717) is 38.5 Å². The van der Waals surface area contributed by atoms with Crippen LogP contribution in [0.3, 0.4) is 0 Å². The minimum Gasteiger partial charge on any atom is -0.346 e. The number of carbonyl (C=O) groups is 5. The van der Waals surface area contributed by atoms with E-state index >= 15 is 0 Å². The van der Waals surface area contributed by atoms with Gasteiger partial charge in [-0.1, -0.05) is 102 Å². The Kier molecular flexibility index (Phi) is 17.8. The summed E-state index contributed by atoms with van der Waals surface area (Å²) in [7, 11) is 0. The summed E-state index contributed by atoms with van der Waals surface area (Å²) in [5.41, 5.74) is 1.63. The molecule has 2 amide bonds. The Bertz CT molecular complexity index is 1510. The molecule has 0 spiro atoms. The fraction of sp³-hybridized carbons (Fsp3) is 0.638. The number of benzene rings is 2. The first kappa shape index (κ1) is 44.1. The summed E-state index contributed by atoms with van der Waals surface area (Å²) in [4.78, 5) is 71.9. The number of rotatable bonds is 25. The number of carbonyl (C=O) groups excluding carboxylic acids is 5. The van der Waals surface area contributed by atoms with E-state index in [1.807, 2.05) is 95.3 Å². The van der Waals surface area contributed by atoms with Crippen molar-refractivity contribution in [3.05, 3.63) is 71.8 Å². The van der Waals surface area contributed by atoms with Gasteiger partial charge in [0.25, 0.3) is 0 Å². The summed E-state index contributed by atoms with van der Waals surface area (Å²) >= 11 is 0. The number of piperidine rings is 1. The topological polar surface area (TPSA) is 113 Å². The van der Waals surface area contributed by atoms with E-state index in [0.717, 1.165) is 56.4 Å². The van der Waals surface area contributed by atoms with Gasteiger partial charge in [0.1, 0.15) is 5.78 Å². The van der Waals surface area contributed by atoms with Crippen LogP contribution >= 0.6 is 0 Å². The van der Waals surface area contributed by atoms with Gasteiger partial charge >= 0.3 is 0 Å². The highest BCUT2D eigenvalue weighted by Gasteiger charge is 2.48. The van der Waals surface area contributed by atoms with E-state index in [4.69, 9.17) is 0 Å². The molecule has 0 radical (unpaired) electrons. The van der Waals surface area contributed by atoms with Crippen molar-refractivity contribution in [1.82, 2.24) is 15.5 Å². The molecule has 8 heteroatoms. The van der Waals surface area contributed by atoms with Gasteiger partial charge in [-0.2, -0.15) is 0 Å². The molecular formula is C47H69N3O5. The summed E-state index contributed by atoms with van der Waals surface area (Å²) in [6.45, 7) is 13.4. The molecule has 1 aliphatic heterocycles. The Morgan fingerprint density at radius 1 is 0.691 bits per heavy atom. The van der Waals surface area contributed by atoms with Crippen molar-refractivity contribution in [2.75, 3.05) is 19.6 Å². The number of unbranched alkanes of at least 4 members (excludes halogenated alkanes) is 1. The number of nitrogens with zero attached hydrogens (tertiary/aromatic N) is 1. The summed E-state index contributed by atoms with van der Waals surface area (Å²) in [6, 6.07) is 18.2. The number of hydrogen-bond acceptors (Lipinski definition) is 6. The normalized spacial score (nSPS) is 17.6. The first-order valence-electron chi connectivity index (χ1n) is 21.3. The second-order valence-electron chi connectivity index (χ2n) is 17.7. The molecule has 1 unspecified atom stereocenters. The third kappa shape index (κ3) is 15.4. The summed E-state index contributed by atoms with van der Waals surface area (Å²) < 4.78 is 0. The number of amides is 2. The molecule has 2 aliphatic rings. The molecule has 8 nitrogen and oxygen atoms in total. The average Bonchev–Trinajstić information content (AvgIpc) is 3.92. The van der Waals surface area contributed by atoms with Gasteiger partial charge in [-0.3, -0.25) is 24.0 Å². The second kappa shape index (κ2) is 22.2. The zero-order valence-electron chi connectivity index (χ0n) is 34.5.